The Bertz CT molecular complexity index is 1610. The van der Waals surface area contributed by atoms with Crippen LogP contribution in [0.4, 0.5) is 14.5 Å². The number of H-pyrrole nitrogens is 2. The van der Waals surface area contributed by atoms with Crippen molar-refractivity contribution in [1.29, 1.82) is 0 Å². The molecule has 0 radical (unpaired) electrons. The summed E-state index contributed by atoms with van der Waals surface area (Å²) in [5.41, 5.74) is 2.24. The number of fused-ring (bicyclic) bond motifs is 4. The minimum atomic E-state index is -3.71. The number of Topliss-reactive ketones (excluding diaryl/α,β-unsaturated/α-hetero) is 1. The van der Waals surface area contributed by atoms with E-state index in [0.29, 0.717) is 44.9 Å². The molecule has 3 aliphatic heterocycles. The highest BCUT2D eigenvalue weighted by molar-refractivity contribution is 7.99. The van der Waals surface area contributed by atoms with E-state index in [1.165, 1.54) is 12.1 Å². The number of rotatable bonds is 4. The maximum Gasteiger partial charge on any atom is 0.586 e. The highest BCUT2D eigenvalue weighted by Gasteiger charge is 2.45. The van der Waals surface area contributed by atoms with Crippen molar-refractivity contribution in [2.75, 3.05) is 13.1 Å². The first-order valence-corrected chi connectivity index (χ1v) is 11.9. The summed E-state index contributed by atoms with van der Waals surface area (Å²) in [5, 5.41) is 13.5. The molecule has 1 fully saturated rings. The lowest BCUT2D eigenvalue weighted by molar-refractivity contribution is -0.286. The van der Waals surface area contributed by atoms with Gasteiger partial charge in [0, 0.05) is 36.1 Å². The fourth-order valence-electron chi connectivity index (χ4n) is 4.93. The normalized spacial score (nSPS) is 21.6. The molecule has 11 nitrogen and oxygen atoms in total. The molecule has 14 heteroatoms. The SMILES string of the molecule is O=C(O)c1[nH]cc2c1N=C1CNCC(=O)C1C2c1ccc(Sc2nc3cc4c(cc3[nH]2)OC(F)(F)O4)o1. The Morgan fingerprint density at radius 1 is 1.16 bits per heavy atom. The Morgan fingerprint density at radius 3 is 2.78 bits per heavy atom. The standard InChI is InChI=1S/C23H15F2N5O6S/c24-23(25)35-14-3-9-10(4-15(14)36-23)30-22(29-9)37-16-2-1-13(34-16)17-8-5-27-20(21(32)33)19(8)28-11-6-26-7-12(31)18(11)17/h1-5,17-18,26-27H,6-7H2,(H,29,30)(H,32,33). The summed E-state index contributed by atoms with van der Waals surface area (Å²) in [4.78, 5) is 39.3. The number of hydrogen-bond donors (Lipinski definition) is 4. The van der Waals surface area contributed by atoms with Gasteiger partial charge in [-0.1, -0.05) is 0 Å². The zero-order valence-electron chi connectivity index (χ0n) is 18.5. The van der Waals surface area contributed by atoms with E-state index in [4.69, 9.17) is 4.42 Å². The van der Waals surface area contributed by atoms with Crippen molar-refractivity contribution < 1.29 is 37.4 Å². The molecule has 37 heavy (non-hydrogen) atoms. The monoisotopic (exact) mass is 527 g/mol. The summed E-state index contributed by atoms with van der Waals surface area (Å²) in [7, 11) is 0. The van der Waals surface area contributed by atoms with E-state index < -0.39 is 24.1 Å². The van der Waals surface area contributed by atoms with Crippen molar-refractivity contribution in [1.82, 2.24) is 20.3 Å². The number of halogens is 2. The molecular weight excluding hydrogens is 512 g/mol. The zero-order valence-corrected chi connectivity index (χ0v) is 19.3. The van der Waals surface area contributed by atoms with Crippen LogP contribution >= 0.6 is 11.8 Å². The molecule has 3 aliphatic rings. The number of imidazole rings is 1. The molecule has 4 aromatic rings. The number of ether oxygens (including phenoxy) is 2. The number of benzene rings is 1. The highest BCUT2D eigenvalue weighted by Crippen LogP contribution is 2.47. The Hall–Kier alpha value is -4.17. The van der Waals surface area contributed by atoms with Crippen LogP contribution in [0.15, 0.2) is 50.1 Å². The molecule has 188 valence electrons. The van der Waals surface area contributed by atoms with Gasteiger partial charge in [0.1, 0.15) is 5.76 Å². The molecule has 0 bridgehead atoms. The number of nitrogens with zero attached hydrogens (tertiary/aromatic N) is 2. The highest BCUT2D eigenvalue weighted by atomic mass is 32.2. The van der Waals surface area contributed by atoms with E-state index in [1.807, 2.05) is 0 Å². The van der Waals surface area contributed by atoms with Crippen LogP contribution in [-0.2, 0) is 4.79 Å². The average Bonchev–Trinajstić information content (AvgIpc) is 3.60. The summed E-state index contributed by atoms with van der Waals surface area (Å²) >= 11 is 1.16. The third kappa shape index (κ3) is 3.51. The number of furan rings is 1. The minimum Gasteiger partial charge on any atom is -0.477 e. The molecule has 0 spiro atoms. The van der Waals surface area contributed by atoms with Crippen molar-refractivity contribution in [2.24, 2.45) is 10.9 Å². The molecule has 1 saturated heterocycles. The predicted molar refractivity (Wildman–Crippen MR) is 123 cm³/mol. The number of nitrogens with one attached hydrogen (secondary N) is 3. The van der Waals surface area contributed by atoms with Crippen LogP contribution in [0.5, 0.6) is 11.5 Å². The topological polar surface area (TPSA) is 155 Å². The molecule has 2 unspecified atom stereocenters. The molecular formula is C23H15F2N5O6S. The Kier molecular flexibility index (Phi) is 4.57. The number of hydrogen-bond acceptors (Lipinski definition) is 9. The van der Waals surface area contributed by atoms with Gasteiger partial charge in [-0.15, -0.1) is 8.78 Å². The van der Waals surface area contributed by atoms with Crippen molar-refractivity contribution in [2.45, 2.75) is 22.5 Å². The lowest BCUT2D eigenvalue weighted by Crippen LogP contribution is -2.48. The van der Waals surface area contributed by atoms with Crippen LogP contribution in [0.2, 0.25) is 0 Å². The number of aromatic nitrogens is 3. The average molecular weight is 527 g/mol. The van der Waals surface area contributed by atoms with Gasteiger partial charge >= 0.3 is 12.3 Å². The van der Waals surface area contributed by atoms with Gasteiger partial charge in [0.2, 0.25) is 0 Å². The second kappa shape index (κ2) is 7.66. The number of carboxylic acid groups (broad SMARTS) is 1. The first-order valence-electron chi connectivity index (χ1n) is 11.1. The quantitative estimate of drug-likeness (QED) is 0.311. The molecule has 3 aromatic heterocycles. The number of aliphatic imine (C=N–C) groups is 1. The van der Waals surface area contributed by atoms with Gasteiger partial charge in [-0.25, -0.2) is 9.78 Å². The number of aromatic amines is 2. The molecule has 0 saturated carbocycles. The van der Waals surface area contributed by atoms with Crippen LogP contribution in [0.1, 0.15) is 27.7 Å². The van der Waals surface area contributed by atoms with Crippen molar-refractivity contribution >= 4 is 45.9 Å². The maximum atomic E-state index is 13.3. The Balaban J connectivity index is 1.21. The third-order valence-electron chi connectivity index (χ3n) is 6.42. The van der Waals surface area contributed by atoms with Crippen LogP contribution in [-0.4, -0.2) is 56.9 Å². The smallest absolute Gasteiger partial charge is 0.477 e. The molecule has 4 N–H and O–H groups in total. The van der Waals surface area contributed by atoms with Gasteiger partial charge in [-0.2, -0.15) is 0 Å². The largest absolute Gasteiger partial charge is 0.586 e. The zero-order chi connectivity index (χ0) is 25.5. The van der Waals surface area contributed by atoms with Gasteiger partial charge in [-0.3, -0.25) is 9.79 Å². The van der Waals surface area contributed by atoms with E-state index in [9.17, 15) is 23.5 Å². The van der Waals surface area contributed by atoms with E-state index in [2.05, 4.69) is 34.7 Å². The number of carbonyl (C=O) groups is 2. The van der Waals surface area contributed by atoms with Gasteiger partial charge in [-0.05, 0) is 23.9 Å². The maximum absolute atomic E-state index is 13.3. The number of ketones is 1. The van der Waals surface area contributed by atoms with Crippen molar-refractivity contribution in [3.05, 3.63) is 47.5 Å². The number of piperidine rings is 1. The molecule has 0 amide bonds. The fraction of sp³-hybridized carbons (Fsp3) is 0.217. The Morgan fingerprint density at radius 2 is 1.97 bits per heavy atom. The summed E-state index contributed by atoms with van der Waals surface area (Å²) in [5.74, 6) is -2.07. The molecule has 0 aliphatic carbocycles. The van der Waals surface area contributed by atoms with Crippen molar-refractivity contribution in [3.8, 4) is 11.5 Å². The number of alkyl halides is 2. The third-order valence-corrected chi connectivity index (χ3v) is 7.23. The van der Waals surface area contributed by atoms with Gasteiger partial charge in [0.15, 0.2) is 33.2 Å². The predicted octanol–water partition coefficient (Wildman–Crippen LogP) is 3.66. The van der Waals surface area contributed by atoms with E-state index in [1.54, 1.807) is 18.3 Å². The second-order valence-corrected chi connectivity index (χ2v) is 9.68. The fourth-order valence-corrected chi connectivity index (χ4v) is 5.70. The molecule has 2 atom stereocenters. The van der Waals surface area contributed by atoms with E-state index >= 15 is 0 Å². The second-order valence-electron chi connectivity index (χ2n) is 8.69. The number of aromatic carboxylic acids is 1. The van der Waals surface area contributed by atoms with E-state index in [-0.39, 0.29) is 35.2 Å². The summed E-state index contributed by atoms with van der Waals surface area (Å²) in [6, 6.07) is 6.21. The van der Waals surface area contributed by atoms with Gasteiger partial charge in [0.25, 0.3) is 0 Å². The molecule has 6 heterocycles. The lowest BCUT2D eigenvalue weighted by Gasteiger charge is -2.33. The summed E-state index contributed by atoms with van der Waals surface area (Å²) in [6.45, 7) is 0.539. The lowest BCUT2D eigenvalue weighted by atomic mass is 9.75. The van der Waals surface area contributed by atoms with Crippen LogP contribution in [0.3, 0.4) is 0 Å². The van der Waals surface area contributed by atoms with Gasteiger partial charge in [0.05, 0.1) is 35.1 Å². The molecule has 7 rings (SSSR count). The number of carbonyl (C=O) groups excluding carboxylic acids is 1. The first-order chi connectivity index (χ1) is 17.8. The summed E-state index contributed by atoms with van der Waals surface area (Å²) in [6.07, 6.45) is -2.16. The van der Waals surface area contributed by atoms with Crippen LogP contribution < -0.4 is 14.8 Å². The summed E-state index contributed by atoms with van der Waals surface area (Å²) < 4.78 is 41.7. The van der Waals surface area contributed by atoms with Crippen LogP contribution in [0, 0.1) is 5.92 Å². The van der Waals surface area contributed by atoms with Gasteiger partial charge < -0.3 is 34.3 Å². The van der Waals surface area contributed by atoms with Crippen LogP contribution in [0.25, 0.3) is 11.0 Å². The Labute approximate surface area is 209 Å². The van der Waals surface area contributed by atoms with E-state index in [0.717, 1.165) is 11.8 Å². The number of carboxylic acids is 1. The minimum absolute atomic E-state index is 0.0509. The first kappa shape index (κ1) is 22.1. The van der Waals surface area contributed by atoms with Crippen molar-refractivity contribution in [3.63, 3.8) is 0 Å². The molecule has 1 aromatic carbocycles.